The predicted molar refractivity (Wildman–Crippen MR) is 87.1 cm³/mol. The number of benzene rings is 1. The number of hydrogen-bond donors (Lipinski definition) is 2. The highest BCUT2D eigenvalue weighted by Crippen LogP contribution is 2.19. The van der Waals surface area contributed by atoms with Gasteiger partial charge in [0.05, 0.1) is 6.10 Å². The molecule has 1 aromatic carbocycles. The first-order chi connectivity index (χ1) is 10.9. The lowest BCUT2D eigenvalue weighted by atomic mass is 10.0. The molecular formula is C18H22FN3O. The minimum Gasteiger partial charge on any atom is -0.388 e. The zero-order chi connectivity index (χ0) is 17.0. The van der Waals surface area contributed by atoms with E-state index < -0.39 is 6.10 Å². The van der Waals surface area contributed by atoms with Crippen molar-refractivity contribution in [3.05, 3.63) is 58.7 Å². The normalized spacial score (nSPS) is 13.6. The van der Waals surface area contributed by atoms with E-state index in [4.69, 9.17) is 5.26 Å². The van der Waals surface area contributed by atoms with E-state index in [1.165, 1.54) is 12.1 Å². The Morgan fingerprint density at radius 2 is 2.00 bits per heavy atom. The molecular weight excluding hydrogens is 293 g/mol. The summed E-state index contributed by atoms with van der Waals surface area (Å²) in [5.74, 6) is -0.306. The third-order valence-corrected chi connectivity index (χ3v) is 4.23. The van der Waals surface area contributed by atoms with Crippen LogP contribution < -0.4 is 5.32 Å². The zero-order valence-electron chi connectivity index (χ0n) is 13.7. The number of aliphatic hydroxyl groups excluding tert-OH is 1. The molecule has 0 aliphatic rings. The molecule has 2 rings (SSSR count). The molecule has 0 unspecified atom stereocenters. The van der Waals surface area contributed by atoms with Gasteiger partial charge in [-0.15, -0.1) is 0 Å². The molecule has 2 aromatic rings. The van der Waals surface area contributed by atoms with Gasteiger partial charge >= 0.3 is 0 Å². The minimum absolute atomic E-state index is 0.0835. The highest BCUT2D eigenvalue weighted by molar-refractivity contribution is 5.34. The fourth-order valence-corrected chi connectivity index (χ4v) is 2.57. The fraction of sp³-hybridized carbons (Fsp3) is 0.389. The van der Waals surface area contributed by atoms with E-state index in [2.05, 4.69) is 11.4 Å². The van der Waals surface area contributed by atoms with Crippen molar-refractivity contribution in [2.75, 3.05) is 0 Å². The molecule has 0 bridgehead atoms. The Bertz CT molecular complexity index is 700. The second-order valence-corrected chi connectivity index (χ2v) is 5.90. The number of nitrogens with zero attached hydrogens (tertiary/aromatic N) is 2. The summed E-state index contributed by atoms with van der Waals surface area (Å²) in [5, 5.41) is 22.6. The molecule has 2 N–H and O–H groups in total. The van der Waals surface area contributed by atoms with Crippen molar-refractivity contribution in [3.8, 4) is 6.07 Å². The molecule has 0 aliphatic carbocycles. The second kappa shape index (κ2) is 7.40. The van der Waals surface area contributed by atoms with E-state index in [1.807, 2.05) is 31.5 Å². The van der Waals surface area contributed by atoms with Crippen LogP contribution in [-0.4, -0.2) is 15.7 Å². The summed E-state index contributed by atoms with van der Waals surface area (Å²) in [6, 6.07) is 10.0. The van der Waals surface area contributed by atoms with Crippen LogP contribution in [0.1, 0.15) is 42.0 Å². The highest BCUT2D eigenvalue weighted by atomic mass is 19.1. The fourth-order valence-electron chi connectivity index (χ4n) is 2.57. The molecule has 1 aromatic heterocycles. The smallest absolute Gasteiger partial charge is 0.123 e. The van der Waals surface area contributed by atoms with Crippen LogP contribution in [0.5, 0.6) is 0 Å². The first-order valence-corrected chi connectivity index (χ1v) is 7.64. The van der Waals surface area contributed by atoms with E-state index in [1.54, 1.807) is 12.1 Å². The molecule has 0 fully saturated rings. The Kier molecular flexibility index (Phi) is 5.54. The lowest BCUT2D eigenvalue weighted by Gasteiger charge is -2.18. The molecule has 0 spiro atoms. The number of nitrogens with one attached hydrogen (secondary N) is 1. The van der Waals surface area contributed by atoms with Crippen LogP contribution in [0.4, 0.5) is 4.39 Å². The molecule has 0 saturated carbocycles. The third kappa shape index (κ3) is 4.19. The Balaban J connectivity index is 1.91. The van der Waals surface area contributed by atoms with E-state index in [9.17, 15) is 9.50 Å². The largest absolute Gasteiger partial charge is 0.388 e. The van der Waals surface area contributed by atoms with Gasteiger partial charge in [0, 0.05) is 25.3 Å². The average molecular weight is 315 g/mol. The number of nitriles is 1. The summed E-state index contributed by atoms with van der Waals surface area (Å²) >= 11 is 0. The van der Waals surface area contributed by atoms with Gasteiger partial charge in [0.15, 0.2) is 0 Å². The average Bonchev–Trinajstić information content (AvgIpc) is 2.81. The maximum Gasteiger partial charge on any atom is 0.123 e. The highest BCUT2D eigenvalue weighted by Gasteiger charge is 2.14. The number of aliphatic hydroxyl groups is 1. The molecule has 1 heterocycles. The summed E-state index contributed by atoms with van der Waals surface area (Å²) in [7, 11) is 1.87. The van der Waals surface area contributed by atoms with Crippen LogP contribution in [0, 0.1) is 24.1 Å². The summed E-state index contributed by atoms with van der Waals surface area (Å²) in [6.45, 7) is 4.62. The van der Waals surface area contributed by atoms with Crippen molar-refractivity contribution >= 4 is 0 Å². The Hall–Kier alpha value is -2.16. The summed E-state index contributed by atoms with van der Waals surface area (Å²) in [4.78, 5) is 0. The molecule has 23 heavy (non-hydrogen) atoms. The van der Waals surface area contributed by atoms with Crippen molar-refractivity contribution in [1.29, 1.82) is 5.26 Å². The van der Waals surface area contributed by atoms with Gasteiger partial charge in [0.25, 0.3) is 0 Å². The topological polar surface area (TPSA) is 61.0 Å². The number of rotatable bonds is 6. The first-order valence-electron chi connectivity index (χ1n) is 7.64. The van der Waals surface area contributed by atoms with Gasteiger partial charge in [-0.25, -0.2) is 4.39 Å². The minimum atomic E-state index is -0.635. The van der Waals surface area contributed by atoms with Gasteiger partial charge in [0.2, 0.25) is 0 Å². The number of aromatic nitrogens is 1. The molecule has 0 radical (unpaired) electrons. The van der Waals surface area contributed by atoms with E-state index in [0.717, 1.165) is 11.3 Å². The molecule has 4 nitrogen and oxygen atoms in total. The maximum atomic E-state index is 12.9. The van der Waals surface area contributed by atoms with Crippen LogP contribution in [-0.2, 0) is 13.6 Å². The van der Waals surface area contributed by atoms with Gasteiger partial charge in [-0.05, 0) is 49.6 Å². The maximum absolute atomic E-state index is 12.9. The van der Waals surface area contributed by atoms with Crippen LogP contribution >= 0.6 is 0 Å². The first kappa shape index (κ1) is 17.2. The van der Waals surface area contributed by atoms with Gasteiger partial charge in [-0.3, -0.25) is 0 Å². The lowest BCUT2D eigenvalue weighted by molar-refractivity contribution is 0.153. The monoisotopic (exact) mass is 315 g/mol. The van der Waals surface area contributed by atoms with E-state index in [-0.39, 0.29) is 11.9 Å². The second-order valence-electron chi connectivity index (χ2n) is 5.90. The quantitative estimate of drug-likeness (QED) is 0.861. The third-order valence-electron chi connectivity index (χ3n) is 4.23. The molecule has 5 heteroatoms. The summed E-state index contributed by atoms with van der Waals surface area (Å²) < 4.78 is 14.8. The summed E-state index contributed by atoms with van der Waals surface area (Å²) in [6.07, 6.45) is -0.104. The standard InChI is InChI=1S/C18H22FN3O/c1-12(8-18(23)14-4-6-16(19)7-5-14)21-11-15-9-17(10-20)22(3)13(15)2/h4-7,9,12,18,21,23H,8,11H2,1-3H3/t12-,18+/m1/s1. The molecule has 122 valence electrons. The zero-order valence-corrected chi connectivity index (χ0v) is 13.7. The van der Waals surface area contributed by atoms with Crippen LogP contribution in [0.25, 0.3) is 0 Å². The van der Waals surface area contributed by atoms with Crippen molar-refractivity contribution < 1.29 is 9.50 Å². The van der Waals surface area contributed by atoms with Crippen LogP contribution in [0.2, 0.25) is 0 Å². The summed E-state index contributed by atoms with van der Waals surface area (Å²) in [5.41, 5.74) is 3.48. The Labute approximate surface area is 136 Å². The number of halogens is 1. The van der Waals surface area contributed by atoms with Gasteiger partial charge in [-0.1, -0.05) is 12.1 Å². The van der Waals surface area contributed by atoms with Gasteiger partial charge in [-0.2, -0.15) is 5.26 Å². The lowest BCUT2D eigenvalue weighted by Crippen LogP contribution is -2.27. The number of hydrogen-bond acceptors (Lipinski definition) is 3. The molecule has 0 saturated heterocycles. The van der Waals surface area contributed by atoms with Gasteiger partial charge < -0.3 is 15.0 Å². The van der Waals surface area contributed by atoms with Crippen molar-refractivity contribution in [2.24, 2.45) is 7.05 Å². The molecule has 0 amide bonds. The van der Waals surface area contributed by atoms with E-state index in [0.29, 0.717) is 24.2 Å². The Morgan fingerprint density at radius 3 is 2.57 bits per heavy atom. The molecule has 2 atom stereocenters. The van der Waals surface area contributed by atoms with Crippen molar-refractivity contribution in [3.63, 3.8) is 0 Å². The van der Waals surface area contributed by atoms with Crippen LogP contribution in [0.3, 0.4) is 0 Å². The van der Waals surface area contributed by atoms with E-state index >= 15 is 0 Å². The van der Waals surface area contributed by atoms with Crippen molar-refractivity contribution in [2.45, 2.75) is 39.0 Å². The molecule has 0 aliphatic heterocycles. The predicted octanol–water partition coefficient (Wildman–Crippen LogP) is 2.95. The van der Waals surface area contributed by atoms with Crippen LogP contribution in [0.15, 0.2) is 30.3 Å². The SMILES string of the molecule is Cc1c(CN[C@H](C)C[C@H](O)c2ccc(F)cc2)cc(C#N)n1C. The van der Waals surface area contributed by atoms with Gasteiger partial charge in [0.1, 0.15) is 17.6 Å². The Morgan fingerprint density at radius 1 is 1.35 bits per heavy atom. The van der Waals surface area contributed by atoms with Crippen molar-refractivity contribution in [1.82, 2.24) is 9.88 Å².